The molecule has 4 atom stereocenters. The van der Waals surface area contributed by atoms with Gasteiger partial charge in [0, 0.05) is 46.3 Å². The molecule has 0 radical (unpaired) electrons. The summed E-state index contributed by atoms with van der Waals surface area (Å²) in [7, 11) is -2.15. The third kappa shape index (κ3) is 8.98. The van der Waals surface area contributed by atoms with Crippen molar-refractivity contribution in [3.8, 4) is 0 Å². The molecule has 0 spiro atoms. The summed E-state index contributed by atoms with van der Waals surface area (Å²) in [6.45, 7) is 3.42. The van der Waals surface area contributed by atoms with E-state index in [2.05, 4.69) is 0 Å². The van der Waals surface area contributed by atoms with E-state index < -0.39 is 33.5 Å². The molecule has 0 aromatic rings. The Kier molecular flexibility index (Phi) is 9.32. The summed E-state index contributed by atoms with van der Waals surface area (Å²) in [6, 6.07) is 0. The number of hydrogen-bond acceptors (Lipinski definition) is 6. The van der Waals surface area contributed by atoms with E-state index in [9.17, 15) is 18.0 Å². The molecule has 8 heteroatoms. The van der Waals surface area contributed by atoms with Crippen molar-refractivity contribution in [2.75, 3.05) is 25.7 Å². The molecule has 0 amide bonds. The Morgan fingerprint density at radius 1 is 0.900 bits per heavy atom. The summed E-state index contributed by atoms with van der Waals surface area (Å²) in [5.41, 5.74) is 0. The van der Waals surface area contributed by atoms with Crippen molar-refractivity contribution in [2.24, 2.45) is 0 Å². The maximum Gasteiger partial charge on any atom is 0.331 e. The second-order valence-corrected chi connectivity index (χ2v) is 7.82. The molecule has 0 heterocycles. The van der Waals surface area contributed by atoms with Crippen molar-refractivity contribution in [1.82, 2.24) is 0 Å². The van der Waals surface area contributed by atoms with E-state index in [1.54, 1.807) is 13.8 Å². The van der Waals surface area contributed by atoms with Crippen molar-refractivity contribution in [2.45, 2.75) is 24.3 Å². The van der Waals surface area contributed by atoms with Crippen LogP contribution >= 0.6 is 0 Å². The number of carbonyl (C=O) groups excluding carboxylic acids is 2. The molecule has 0 aromatic carbocycles. The number of carbonyl (C=O) groups is 2. The van der Waals surface area contributed by atoms with Crippen LogP contribution in [0.25, 0.3) is 0 Å². The topological polar surface area (TPSA) is 86.7 Å². The molecule has 0 aliphatic rings. The van der Waals surface area contributed by atoms with Gasteiger partial charge in [0.1, 0.15) is 13.2 Å². The van der Waals surface area contributed by atoms with Gasteiger partial charge in [0.25, 0.3) is 0 Å². The fourth-order valence-electron chi connectivity index (χ4n) is 0.823. The molecule has 0 N–H and O–H groups in total. The van der Waals surface area contributed by atoms with E-state index in [4.69, 9.17) is 9.47 Å². The van der Waals surface area contributed by atoms with E-state index in [1.165, 1.54) is 12.5 Å². The lowest BCUT2D eigenvalue weighted by Crippen LogP contribution is -2.20. The minimum absolute atomic E-state index is 0.0210. The molecule has 0 aliphatic heterocycles. The van der Waals surface area contributed by atoms with Gasteiger partial charge < -0.3 is 9.47 Å². The lowest BCUT2D eigenvalue weighted by molar-refractivity contribution is -0.140. The largest absolute Gasteiger partial charge is 0.461 e. The highest BCUT2D eigenvalue weighted by molar-refractivity contribution is 7.85. The van der Waals surface area contributed by atoms with E-state index in [0.29, 0.717) is 0 Å². The third-order valence-corrected chi connectivity index (χ3v) is 4.95. The van der Waals surface area contributed by atoms with Crippen LogP contribution in [-0.2, 0) is 40.7 Å². The van der Waals surface area contributed by atoms with Crippen molar-refractivity contribution < 1.29 is 27.5 Å². The summed E-state index contributed by atoms with van der Waals surface area (Å²) in [5, 5.41) is -0.528. The second kappa shape index (κ2) is 9.82. The summed E-state index contributed by atoms with van der Waals surface area (Å²) >= 11 is 0. The predicted octanol–water partition coefficient (Wildman–Crippen LogP) is 0.163. The molecule has 0 aliphatic carbocycles. The van der Waals surface area contributed by atoms with Gasteiger partial charge in [0.2, 0.25) is 0 Å². The minimum Gasteiger partial charge on any atom is -0.461 e. The number of esters is 2. The average Bonchev–Trinajstić information content (AvgIpc) is 2.39. The van der Waals surface area contributed by atoms with E-state index >= 15 is 0 Å². The first kappa shape index (κ1) is 19.0. The minimum atomic E-state index is -1.07. The highest BCUT2D eigenvalue weighted by Crippen LogP contribution is 1.96. The zero-order chi connectivity index (χ0) is 15.7. The fourth-order valence-corrected chi connectivity index (χ4v) is 1.34. The summed E-state index contributed by atoms with van der Waals surface area (Å²) in [6.07, 6.45) is 4.93. The quantitative estimate of drug-likeness (QED) is 0.467. The second-order valence-electron chi connectivity index (χ2n) is 4.21. The lowest BCUT2D eigenvalue weighted by Gasteiger charge is -2.08. The number of rotatable bonds is 8. The Bertz CT molecular complexity index is 380. The lowest BCUT2D eigenvalue weighted by atomic mass is 10.4. The summed E-state index contributed by atoms with van der Waals surface area (Å²) in [5.74, 6) is -1.40. The smallest absolute Gasteiger partial charge is 0.331 e. The first-order valence-electron chi connectivity index (χ1n) is 5.90. The molecule has 0 fully saturated rings. The van der Waals surface area contributed by atoms with Gasteiger partial charge >= 0.3 is 11.9 Å². The first-order chi connectivity index (χ1) is 9.23. The SMILES string of the molecule is CC(COC(=O)/C=C\C(=O)OCC(C)S(C)=O)S(C)=O. The summed E-state index contributed by atoms with van der Waals surface area (Å²) in [4.78, 5) is 22.5. The van der Waals surface area contributed by atoms with Gasteiger partial charge in [-0.2, -0.15) is 0 Å². The highest BCUT2D eigenvalue weighted by Gasteiger charge is 2.10. The van der Waals surface area contributed by atoms with Crippen LogP contribution in [-0.4, -0.2) is 56.6 Å². The van der Waals surface area contributed by atoms with E-state index in [-0.39, 0.29) is 23.7 Å². The molecule has 116 valence electrons. The van der Waals surface area contributed by atoms with Crippen LogP contribution < -0.4 is 0 Å². The van der Waals surface area contributed by atoms with Crippen LogP contribution in [0.4, 0.5) is 0 Å². The fraction of sp³-hybridized carbons (Fsp3) is 0.667. The van der Waals surface area contributed by atoms with Crippen LogP contribution in [0.5, 0.6) is 0 Å². The van der Waals surface area contributed by atoms with Crippen molar-refractivity contribution in [3.63, 3.8) is 0 Å². The molecule has 4 unspecified atom stereocenters. The summed E-state index contributed by atoms with van der Waals surface area (Å²) < 4.78 is 31.7. The van der Waals surface area contributed by atoms with Gasteiger partial charge in [-0.05, 0) is 13.8 Å². The van der Waals surface area contributed by atoms with E-state index in [0.717, 1.165) is 12.2 Å². The van der Waals surface area contributed by atoms with Crippen LogP contribution in [0, 0.1) is 0 Å². The molecule has 20 heavy (non-hydrogen) atoms. The first-order valence-corrected chi connectivity index (χ1v) is 9.14. The predicted molar refractivity (Wildman–Crippen MR) is 78.1 cm³/mol. The Balaban J connectivity index is 4.03. The third-order valence-electron chi connectivity index (χ3n) is 2.41. The maximum absolute atomic E-state index is 11.3. The molecule has 6 nitrogen and oxygen atoms in total. The van der Waals surface area contributed by atoms with Crippen LogP contribution in [0.15, 0.2) is 12.2 Å². The molecular weight excluding hydrogens is 304 g/mol. The van der Waals surface area contributed by atoms with Crippen molar-refractivity contribution in [1.29, 1.82) is 0 Å². The molecule has 0 saturated carbocycles. The molecule has 0 bridgehead atoms. The van der Waals surface area contributed by atoms with Crippen molar-refractivity contribution >= 4 is 33.5 Å². The normalized spacial score (nSPS) is 17.2. The zero-order valence-electron chi connectivity index (χ0n) is 12.0. The Labute approximate surface area is 123 Å². The van der Waals surface area contributed by atoms with Gasteiger partial charge in [-0.15, -0.1) is 0 Å². The average molecular weight is 324 g/mol. The van der Waals surface area contributed by atoms with Gasteiger partial charge in [-0.1, -0.05) is 0 Å². The monoisotopic (exact) mass is 324 g/mol. The van der Waals surface area contributed by atoms with Crippen LogP contribution in [0.3, 0.4) is 0 Å². The molecule has 0 rings (SSSR count). The number of ether oxygens (including phenoxy) is 2. The van der Waals surface area contributed by atoms with Crippen molar-refractivity contribution in [3.05, 3.63) is 12.2 Å². The molecule has 0 aromatic heterocycles. The van der Waals surface area contributed by atoms with Gasteiger partial charge in [-0.25, -0.2) is 9.59 Å². The van der Waals surface area contributed by atoms with E-state index in [1.807, 2.05) is 0 Å². The highest BCUT2D eigenvalue weighted by atomic mass is 32.2. The van der Waals surface area contributed by atoms with Gasteiger partial charge in [0.15, 0.2) is 0 Å². The molecular formula is C12H20O6S2. The standard InChI is InChI=1S/C12H20O6S2/c1-9(19(3)15)7-17-11(13)5-6-12(14)18-8-10(2)20(4)16/h5-6,9-10H,7-8H2,1-4H3/b6-5-. The Morgan fingerprint density at radius 2 is 1.20 bits per heavy atom. The van der Waals surface area contributed by atoms with Gasteiger partial charge in [-0.3, -0.25) is 8.42 Å². The Morgan fingerprint density at radius 3 is 1.45 bits per heavy atom. The van der Waals surface area contributed by atoms with Gasteiger partial charge in [0.05, 0.1) is 10.5 Å². The Hall–Kier alpha value is -1.02. The maximum atomic E-state index is 11.3. The molecule has 0 saturated heterocycles. The number of hydrogen-bond donors (Lipinski definition) is 0. The zero-order valence-corrected chi connectivity index (χ0v) is 13.6. The van der Waals surface area contributed by atoms with Crippen LogP contribution in [0.1, 0.15) is 13.8 Å². The van der Waals surface area contributed by atoms with Crippen LogP contribution in [0.2, 0.25) is 0 Å².